The average molecular weight is 330 g/mol. The standard InChI is InChI=1S/C15H21F3N4O/c1-11(13-4-3-5-19-10-13)20-14(23)22-8-6-21(7-9-22)12(2)15(16,17)18/h3-5,10-12H,6-9H2,1-2H3,(H,20,23). The summed E-state index contributed by atoms with van der Waals surface area (Å²) in [6.07, 6.45) is -0.910. The van der Waals surface area contributed by atoms with E-state index in [-0.39, 0.29) is 38.3 Å². The number of carbonyl (C=O) groups excluding carboxylic acids is 1. The first-order chi connectivity index (χ1) is 10.8. The van der Waals surface area contributed by atoms with Crippen LogP contribution in [-0.2, 0) is 0 Å². The first kappa shape index (κ1) is 17.5. The molecule has 2 heterocycles. The minimum absolute atomic E-state index is 0.205. The SMILES string of the molecule is CC(NC(=O)N1CCN(C(C)C(F)(F)F)CC1)c1cccnc1. The molecule has 0 aromatic carbocycles. The van der Waals surface area contributed by atoms with E-state index in [0.29, 0.717) is 0 Å². The maximum atomic E-state index is 12.7. The molecule has 2 atom stereocenters. The Bertz CT molecular complexity index is 515. The molecule has 0 bridgehead atoms. The van der Waals surface area contributed by atoms with Gasteiger partial charge in [-0.15, -0.1) is 0 Å². The molecule has 128 valence electrons. The van der Waals surface area contributed by atoms with Gasteiger partial charge in [-0.25, -0.2) is 4.79 Å². The summed E-state index contributed by atoms with van der Waals surface area (Å²) in [5, 5.41) is 2.85. The summed E-state index contributed by atoms with van der Waals surface area (Å²) in [6, 6.07) is 1.70. The van der Waals surface area contributed by atoms with E-state index < -0.39 is 12.2 Å². The number of amides is 2. The highest BCUT2D eigenvalue weighted by Gasteiger charge is 2.41. The van der Waals surface area contributed by atoms with Gasteiger partial charge in [-0.05, 0) is 25.5 Å². The Morgan fingerprint density at radius 1 is 1.26 bits per heavy atom. The van der Waals surface area contributed by atoms with Crippen LogP contribution in [-0.4, -0.2) is 59.2 Å². The number of pyridine rings is 1. The van der Waals surface area contributed by atoms with E-state index in [9.17, 15) is 18.0 Å². The molecule has 8 heteroatoms. The van der Waals surface area contributed by atoms with Crippen LogP contribution < -0.4 is 5.32 Å². The van der Waals surface area contributed by atoms with Crippen molar-refractivity contribution in [3.05, 3.63) is 30.1 Å². The molecule has 1 aliphatic heterocycles. The van der Waals surface area contributed by atoms with E-state index in [0.717, 1.165) is 12.5 Å². The average Bonchev–Trinajstić information content (AvgIpc) is 2.54. The Labute approximate surface area is 133 Å². The maximum absolute atomic E-state index is 12.7. The van der Waals surface area contributed by atoms with Crippen molar-refractivity contribution in [2.24, 2.45) is 0 Å². The fraction of sp³-hybridized carbons (Fsp3) is 0.600. The van der Waals surface area contributed by atoms with E-state index in [1.165, 1.54) is 4.90 Å². The van der Waals surface area contributed by atoms with Gasteiger partial charge in [0.05, 0.1) is 6.04 Å². The minimum atomic E-state index is -4.24. The highest BCUT2D eigenvalue weighted by atomic mass is 19.4. The van der Waals surface area contributed by atoms with Crippen molar-refractivity contribution in [2.75, 3.05) is 26.2 Å². The number of aromatic nitrogens is 1. The van der Waals surface area contributed by atoms with Gasteiger partial charge in [0.25, 0.3) is 0 Å². The molecular formula is C15H21F3N4O. The van der Waals surface area contributed by atoms with Crippen LogP contribution in [0.2, 0.25) is 0 Å². The monoisotopic (exact) mass is 330 g/mol. The van der Waals surface area contributed by atoms with E-state index >= 15 is 0 Å². The zero-order valence-electron chi connectivity index (χ0n) is 13.2. The number of urea groups is 1. The summed E-state index contributed by atoms with van der Waals surface area (Å²) in [6.45, 7) is 4.00. The summed E-state index contributed by atoms with van der Waals surface area (Å²) in [5.74, 6) is 0. The van der Waals surface area contributed by atoms with Gasteiger partial charge in [0.1, 0.15) is 6.04 Å². The number of carbonyl (C=O) groups is 1. The molecule has 23 heavy (non-hydrogen) atoms. The molecule has 5 nitrogen and oxygen atoms in total. The molecule has 0 saturated carbocycles. The highest BCUT2D eigenvalue weighted by Crippen LogP contribution is 2.25. The molecule has 2 amide bonds. The van der Waals surface area contributed by atoms with Crippen molar-refractivity contribution in [3.63, 3.8) is 0 Å². The third kappa shape index (κ3) is 4.57. The van der Waals surface area contributed by atoms with Gasteiger partial charge in [-0.1, -0.05) is 6.07 Å². The third-order valence-electron chi connectivity index (χ3n) is 4.15. The highest BCUT2D eigenvalue weighted by molar-refractivity contribution is 5.74. The molecule has 1 aromatic rings. The first-order valence-electron chi connectivity index (χ1n) is 7.55. The van der Waals surface area contributed by atoms with Gasteiger partial charge in [0, 0.05) is 38.6 Å². The van der Waals surface area contributed by atoms with Crippen LogP contribution in [0.5, 0.6) is 0 Å². The number of rotatable bonds is 3. The number of halogens is 3. The lowest BCUT2D eigenvalue weighted by molar-refractivity contribution is -0.181. The molecule has 0 aliphatic carbocycles. The van der Waals surface area contributed by atoms with Gasteiger partial charge in [0.15, 0.2) is 0 Å². The minimum Gasteiger partial charge on any atom is -0.331 e. The summed E-state index contributed by atoms with van der Waals surface area (Å²) in [7, 11) is 0. The smallest absolute Gasteiger partial charge is 0.331 e. The van der Waals surface area contributed by atoms with E-state index in [1.807, 2.05) is 13.0 Å². The lowest BCUT2D eigenvalue weighted by Crippen LogP contribution is -2.56. The summed E-state index contributed by atoms with van der Waals surface area (Å²) in [5.41, 5.74) is 0.880. The Morgan fingerprint density at radius 3 is 2.43 bits per heavy atom. The lowest BCUT2D eigenvalue weighted by Gasteiger charge is -2.38. The third-order valence-corrected chi connectivity index (χ3v) is 4.15. The largest absolute Gasteiger partial charge is 0.403 e. The van der Waals surface area contributed by atoms with Crippen LogP contribution in [0.4, 0.5) is 18.0 Å². The molecule has 1 aromatic heterocycles. The predicted molar refractivity (Wildman–Crippen MR) is 79.8 cm³/mol. The molecule has 1 aliphatic rings. The number of hydrogen-bond acceptors (Lipinski definition) is 3. The first-order valence-corrected chi connectivity index (χ1v) is 7.55. The number of nitrogens with one attached hydrogen (secondary N) is 1. The van der Waals surface area contributed by atoms with Crippen LogP contribution >= 0.6 is 0 Å². The maximum Gasteiger partial charge on any atom is 0.403 e. The molecule has 2 unspecified atom stereocenters. The fourth-order valence-corrected chi connectivity index (χ4v) is 2.51. The zero-order valence-corrected chi connectivity index (χ0v) is 13.2. The van der Waals surface area contributed by atoms with Gasteiger partial charge in [-0.2, -0.15) is 13.2 Å². The topological polar surface area (TPSA) is 48.5 Å². The van der Waals surface area contributed by atoms with Crippen molar-refractivity contribution in [1.29, 1.82) is 0 Å². The lowest BCUT2D eigenvalue weighted by atomic mass is 10.1. The number of nitrogens with zero attached hydrogens (tertiary/aromatic N) is 3. The molecule has 1 fully saturated rings. The van der Waals surface area contributed by atoms with Crippen molar-refractivity contribution in [3.8, 4) is 0 Å². The van der Waals surface area contributed by atoms with Gasteiger partial charge >= 0.3 is 12.2 Å². The van der Waals surface area contributed by atoms with Crippen LogP contribution in [0.1, 0.15) is 25.5 Å². The van der Waals surface area contributed by atoms with Crippen LogP contribution in [0.3, 0.4) is 0 Å². The van der Waals surface area contributed by atoms with Gasteiger partial charge in [-0.3, -0.25) is 9.88 Å². The molecule has 0 spiro atoms. The van der Waals surface area contributed by atoms with E-state index in [2.05, 4.69) is 10.3 Å². The van der Waals surface area contributed by atoms with Crippen molar-refractivity contribution in [2.45, 2.75) is 32.1 Å². The summed E-state index contributed by atoms with van der Waals surface area (Å²) < 4.78 is 38.1. The Hall–Kier alpha value is -1.83. The molecule has 1 saturated heterocycles. The Kier molecular flexibility index (Phi) is 5.46. The second kappa shape index (κ2) is 7.16. The predicted octanol–water partition coefficient (Wildman–Crippen LogP) is 2.42. The second-order valence-electron chi connectivity index (χ2n) is 5.70. The quantitative estimate of drug-likeness (QED) is 0.926. The van der Waals surface area contributed by atoms with Gasteiger partial charge in [0.2, 0.25) is 0 Å². The van der Waals surface area contributed by atoms with E-state index in [4.69, 9.17) is 0 Å². The Morgan fingerprint density at radius 2 is 1.91 bits per heavy atom. The number of alkyl halides is 3. The van der Waals surface area contributed by atoms with Crippen molar-refractivity contribution >= 4 is 6.03 Å². The summed E-state index contributed by atoms with van der Waals surface area (Å²) in [4.78, 5) is 19.1. The van der Waals surface area contributed by atoms with Crippen LogP contribution in [0.25, 0.3) is 0 Å². The van der Waals surface area contributed by atoms with E-state index in [1.54, 1.807) is 23.4 Å². The summed E-state index contributed by atoms with van der Waals surface area (Å²) >= 11 is 0. The van der Waals surface area contributed by atoms with Crippen molar-refractivity contribution in [1.82, 2.24) is 20.1 Å². The fourth-order valence-electron chi connectivity index (χ4n) is 2.51. The molecule has 0 radical (unpaired) electrons. The zero-order chi connectivity index (χ0) is 17.0. The molecule has 1 N–H and O–H groups in total. The van der Waals surface area contributed by atoms with Crippen LogP contribution in [0, 0.1) is 0 Å². The normalized spacial score (nSPS) is 19.3. The van der Waals surface area contributed by atoms with Gasteiger partial charge < -0.3 is 10.2 Å². The molecular weight excluding hydrogens is 309 g/mol. The number of piperazine rings is 1. The van der Waals surface area contributed by atoms with Crippen molar-refractivity contribution < 1.29 is 18.0 Å². The number of hydrogen-bond donors (Lipinski definition) is 1. The molecule has 2 rings (SSSR count). The Balaban J connectivity index is 1.84. The second-order valence-corrected chi connectivity index (χ2v) is 5.70. The van der Waals surface area contributed by atoms with Crippen LogP contribution in [0.15, 0.2) is 24.5 Å².